The molecule has 0 fully saturated rings. The molecule has 0 rings (SSSR count). The second-order valence-electron chi connectivity index (χ2n) is 4.82. The van der Waals surface area contributed by atoms with Gasteiger partial charge in [-0.1, -0.05) is 0 Å². The Labute approximate surface area is 141 Å². The van der Waals surface area contributed by atoms with Crippen LogP contribution in [0.5, 0.6) is 0 Å². The van der Waals surface area contributed by atoms with Gasteiger partial charge in [0.1, 0.15) is 12.1 Å². The topological polar surface area (TPSA) is 219 Å². The maximum atomic E-state index is 10.2. The fraction of sp³-hybridized carbons (Fsp3) is 0.833. The maximum Gasteiger partial charge on any atom is 0.320 e. The number of aliphatic carboxylic acids is 2. The van der Waals surface area contributed by atoms with E-state index in [4.69, 9.17) is 43.4 Å². The molecule has 0 aromatic carbocycles. The fourth-order valence-electron chi connectivity index (χ4n) is 1.23. The number of carboxylic acid groups (broad SMARTS) is 2. The summed E-state index contributed by atoms with van der Waals surface area (Å²) in [5, 5.41) is 34.5. The molecule has 140 valence electrons. The van der Waals surface area contributed by atoms with E-state index in [2.05, 4.69) is 0 Å². The summed E-state index contributed by atoms with van der Waals surface area (Å²) in [6.07, 6.45) is -0.0872. The average molecular weight is 361 g/mol. The normalized spacial score (nSPS) is 15.2. The molecule has 0 spiro atoms. The molecule has 0 aliphatic heterocycles. The number of carbonyl (C=O) groups is 2. The highest BCUT2D eigenvalue weighted by Gasteiger charge is 2.13. The van der Waals surface area contributed by atoms with Crippen molar-refractivity contribution in [3.63, 3.8) is 0 Å². The van der Waals surface area contributed by atoms with E-state index in [1.807, 2.05) is 0 Å². The Balaban J connectivity index is -0.000000333. The van der Waals surface area contributed by atoms with Crippen LogP contribution >= 0.6 is 12.4 Å². The molecule has 10 nitrogen and oxygen atoms in total. The standard InChI is InChI=1S/2C6H14N2O3.ClH/c2*7-3-4(9)1-2-5(8)6(10)11;/h2*4-5,9H,1-3,7-8H2,(H,10,11);1H. The summed E-state index contributed by atoms with van der Waals surface area (Å²) < 4.78 is 0. The Kier molecular flexibility index (Phi) is 18.5. The molecular formula is C12H29ClN4O6. The summed E-state index contributed by atoms with van der Waals surface area (Å²) in [6.45, 7) is 0.290. The summed E-state index contributed by atoms with van der Waals surface area (Å²) in [5.74, 6) is -2.09. The van der Waals surface area contributed by atoms with Gasteiger partial charge in [-0.2, -0.15) is 0 Å². The van der Waals surface area contributed by atoms with Gasteiger partial charge in [-0.05, 0) is 25.7 Å². The Morgan fingerprint density at radius 1 is 0.739 bits per heavy atom. The lowest BCUT2D eigenvalue weighted by molar-refractivity contribution is -0.139. The van der Waals surface area contributed by atoms with Crippen LogP contribution in [0.1, 0.15) is 25.7 Å². The molecule has 0 aliphatic rings. The summed E-state index contributed by atoms with van der Waals surface area (Å²) >= 11 is 0. The lowest BCUT2D eigenvalue weighted by Crippen LogP contribution is -2.32. The highest BCUT2D eigenvalue weighted by Crippen LogP contribution is 1.99. The zero-order valence-corrected chi connectivity index (χ0v) is 13.7. The van der Waals surface area contributed by atoms with Gasteiger partial charge >= 0.3 is 11.9 Å². The molecule has 0 amide bonds. The quantitative estimate of drug-likeness (QED) is 0.203. The highest BCUT2D eigenvalue weighted by atomic mass is 35.5. The first-order valence-corrected chi connectivity index (χ1v) is 6.88. The Morgan fingerprint density at radius 3 is 1.17 bits per heavy atom. The molecule has 11 heteroatoms. The summed E-state index contributed by atoms with van der Waals surface area (Å²) in [7, 11) is 0. The van der Waals surface area contributed by atoms with Crippen LogP contribution in [0, 0.1) is 0 Å². The predicted octanol–water partition coefficient (Wildman–Crippen LogP) is -2.58. The molecular weight excluding hydrogens is 332 g/mol. The zero-order valence-electron chi connectivity index (χ0n) is 12.9. The van der Waals surface area contributed by atoms with Crippen LogP contribution in [0.3, 0.4) is 0 Å². The van der Waals surface area contributed by atoms with E-state index >= 15 is 0 Å². The second kappa shape index (κ2) is 15.9. The molecule has 0 saturated heterocycles. The van der Waals surface area contributed by atoms with Gasteiger partial charge in [-0.3, -0.25) is 9.59 Å². The molecule has 0 heterocycles. The lowest BCUT2D eigenvalue weighted by Gasteiger charge is -2.09. The number of halogens is 1. The molecule has 0 aromatic heterocycles. The van der Waals surface area contributed by atoms with Crippen molar-refractivity contribution in [2.24, 2.45) is 22.9 Å². The number of hydrogen-bond donors (Lipinski definition) is 8. The molecule has 4 atom stereocenters. The number of carboxylic acids is 2. The van der Waals surface area contributed by atoms with Crippen LogP contribution in [-0.2, 0) is 9.59 Å². The van der Waals surface area contributed by atoms with Gasteiger partial charge in [0.2, 0.25) is 0 Å². The summed E-state index contributed by atoms with van der Waals surface area (Å²) in [6, 6.07) is -1.78. The van der Waals surface area contributed by atoms with Crippen LogP contribution in [-0.4, -0.2) is 69.7 Å². The summed E-state index contributed by atoms with van der Waals surface area (Å²) in [4.78, 5) is 20.3. The van der Waals surface area contributed by atoms with E-state index in [-0.39, 0.29) is 38.3 Å². The summed E-state index contributed by atoms with van der Waals surface area (Å²) in [5.41, 5.74) is 20.5. The van der Waals surface area contributed by atoms with Crippen molar-refractivity contribution in [1.82, 2.24) is 0 Å². The molecule has 0 aliphatic carbocycles. The first kappa shape index (κ1) is 26.9. The van der Waals surface area contributed by atoms with Crippen molar-refractivity contribution in [2.75, 3.05) is 13.1 Å². The van der Waals surface area contributed by atoms with Gasteiger partial charge in [0.15, 0.2) is 0 Å². The Bertz CT molecular complexity index is 294. The molecule has 12 N–H and O–H groups in total. The molecule has 0 saturated carbocycles. The van der Waals surface area contributed by atoms with Gasteiger partial charge in [0.05, 0.1) is 12.2 Å². The molecule has 0 bridgehead atoms. The van der Waals surface area contributed by atoms with Gasteiger partial charge in [-0.25, -0.2) is 0 Å². The third kappa shape index (κ3) is 17.2. The van der Waals surface area contributed by atoms with E-state index in [0.29, 0.717) is 12.8 Å². The first-order chi connectivity index (χ1) is 10.1. The van der Waals surface area contributed by atoms with Gasteiger partial charge < -0.3 is 43.4 Å². The van der Waals surface area contributed by atoms with Crippen molar-refractivity contribution in [2.45, 2.75) is 50.0 Å². The number of aliphatic hydroxyl groups is 2. The monoisotopic (exact) mass is 360 g/mol. The van der Waals surface area contributed by atoms with Crippen molar-refractivity contribution in [1.29, 1.82) is 0 Å². The van der Waals surface area contributed by atoms with E-state index in [1.54, 1.807) is 0 Å². The number of nitrogens with two attached hydrogens (primary N) is 4. The minimum atomic E-state index is -1.05. The predicted molar refractivity (Wildman–Crippen MR) is 87.1 cm³/mol. The third-order valence-electron chi connectivity index (χ3n) is 2.80. The van der Waals surface area contributed by atoms with E-state index in [9.17, 15) is 9.59 Å². The van der Waals surface area contributed by atoms with Crippen molar-refractivity contribution in [3.05, 3.63) is 0 Å². The SMILES string of the molecule is Cl.NCC(O)CCC(N)C(=O)O.NCC(O)CCC(N)C(=O)O. The maximum absolute atomic E-state index is 10.2. The van der Waals surface area contributed by atoms with Crippen LogP contribution in [0.25, 0.3) is 0 Å². The smallest absolute Gasteiger partial charge is 0.320 e. The van der Waals surface area contributed by atoms with E-state index < -0.39 is 36.2 Å². The highest BCUT2D eigenvalue weighted by molar-refractivity contribution is 5.85. The molecule has 0 radical (unpaired) electrons. The fourth-order valence-corrected chi connectivity index (χ4v) is 1.23. The minimum Gasteiger partial charge on any atom is -0.480 e. The molecule has 23 heavy (non-hydrogen) atoms. The van der Waals surface area contributed by atoms with E-state index in [0.717, 1.165) is 0 Å². The van der Waals surface area contributed by atoms with Crippen LogP contribution in [0.4, 0.5) is 0 Å². The second-order valence-corrected chi connectivity index (χ2v) is 4.82. The third-order valence-corrected chi connectivity index (χ3v) is 2.80. The first-order valence-electron chi connectivity index (χ1n) is 6.88. The van der Waals surface area contributed by atoms with Crippen LogP contribution < -0.4 is 22.9 Å². The zero-order chi connectivity index (χ0) is 17.7. The molecule has 0 aromatic rings. The number of aliphatic hydroxyl groups excluding tert-OH is 2. The van der Waals surface area contributed by atoms with Crippen LogP contribution in [0.15, 0.2) is 0 Å². The Hall–Kier alpha value is -1.01. The molecule has 4 unspecified atom stereocenters. The van der Waals surface area contributed by atoms with Gasteiger partial charge in [-0.15, -0.1) is 12.4 Å². The van der Waals surface area contributed by atoms with E-state index in [1.165, 1.54) is 0 Å². The van der Waals surface area contributed by atoms with Crippen molar-refractivity contribution >= 4 is 24.3 Å². The van der Waals surface area contributed by atoms with Crippen LogP contribution in [0.2, 0.25) is 0 Å². The van der Waals surface area contributed by atoms with Gasteiger partial charge in [0.25, 0.3) is 0 Å². The minimum absolute atomic E-state index is 0. The Morgan fingerprint density at radius 2 is 1.00 bits per heavy atom. The number of hydrogen-bond acceptors (Lipinski definition) is 8. The average Bonchev–Trinajstić information content (AvgIpc) is 2.49. The van der Waals surface area contributed by atoms with Gasteiger partial charge in [0, 0.05) is 13.1 Å². The number of rotatable bonds is 10. The lowest BCUT2D eigenvalue weighted by atomic mass is 10.1. The van der Waals surface area contributed by atoms with Crippen molar-refractivity contribution < 1.29 is 30.0 Å². The largest absolute Gasteiger partial charge is 0.480 e. The van der Waals surface area contributed by atoms with Crippen molar-refractivity contribution in [3.8, 4) is 0 Å².